The maximum absolute atomic E-state index is 12.9. The van der Waals surface area contributed by atoms with E-state index in [0.717, 1.165) is 15.4 Å². The number of nitro benzene ring substituents is 1. The lowest BCUT2D eigenvalue weighted by Crippen LogP contribution is -2.36. The molecule has 0 spiro atoms. The fourth-order valence-electron chi connectivity index (χ4n) is 3.62. The van der Waals surface area contributed by atoms with Crippen molar-refractivity contribution in [1.29, 1.82) is 0 Å². The third kappa shape index (κ3) is 6.93. The molecular weight excluding hydrogens is 642 g/mol. The molecule has 1 saturated heterocycles. The van der Waals surface area contributed by atoms with Gasteiger partial charge in [0.2, 0.25) is 5.91 Å². The molecule has 3 amide bonds. The smallest absolute Gasteiger partial charge is 0.339 e. The second kappa shape index (κ2) is 12.1. The van der Waals surface area contributed by atoms with Crippen molar-refractivity contribution >= 4 is 72.3 Å². The molecule has 0 aliphatic carbocycles. The van der Waals surface area contributed by atoms with Crippen molar-refractivity contribution in [3.05, 3.63) is 91.3 Å². The van der Waals surface area contributed by atoms with Crippen LogP contribution in [0.15, 0.2) is 74.9 Å². The first-order valence-electron chi connectivity index (χ1n) is 11.6. The Morgan fingerprint density at radius 1 is 1.10 bits per heavy atom. The topological polar surface area (TPSA) is 162 Å². The van der Waals surface area contributed by atoms with Gasteiger partial charge in [-0.15, -0.1) is 0 Å². The van der Waals surface area contributed by atoms with Crippen LogP contribution in [0.25, 0.3) is 6.08 Å². The number of carbonyl (C=O) groups is 3. The Morgan fingerprint density at radius 2 is 1.80 bits per heavy atom. The van der Waals surface area contributed by atoms with E-state index in [1.165, 1.54) is 50.4 Å². The molecule has 0 radical (unpaired) electrons. The van der Waals surface area contributed by atoms with E-state index in [1.54, 1.807) is 24.3 Å². The van der Waals surface area contributed by atoms with E-state index in [4.69, 9.17) is 8.92 Å². The zero-order valence-electron chi connectivity index (χ0n) is 21.3. The van der Waals surface area contributed by atoms with E-state index in [0.29, 0.717) is 23.0 Å². The molecule has 0 bridgehead atoms. The fraction of sp³-hybridized carbons (Fsp3) is 0.115. The number of anilines is 1. The highest BCUT2D eigenvalue weighted by Gasteiger charge is 2.36. The molecule has 0 atom stereocenters. The van der Waals surface area contributed by atoms with Crippen LogP contribution < -0.4 is 14.2 Å². The number of rotatable bonds is 9. The van der Waals surface area contributed by atoms with E-state index in [2.05, 4.69) is 21.2 Å². The molecule has 1 N–H and O–H groups in total. The average Bonchev–Trinajstić information content (AvgIpc) is 3.17. The number of nitrogens with one attached hydrogen (secondary N) is 1. The molecule has 3 aromatic carbocycles. The Bertz CT molecular complexity index is 1710. The molecule has 12 nitrogen and oxygen atoms in total. The summed E-state index contributed by atoms with van der Waals surface area (Å²) in [5, 5.41) is 13.2. The maximum atomic E-state index is 12.9. The van der Waals surface area contributed by atoms with Crippen LogP contribution in [-0.4, -0.2) is 48.9 Å². The van der Waals surface area contributed by atoms with E-state index >= 15 is 0 Å². The summed E-state index contributed by atoms with van der Waals surface area (Å²) in [4.78, 5) is 48.7. The second-order valence-corrected chi connectivity index (χ2v) is 11.9. The quantitative estimate of drug-likeness (QED) is 0.141. The highest BCUT2D eigenvalue weighted by atomic mass is 79.9. The van der Waals surface area contributed by atoms with Crippen molar-refractivity contribution in [2.75, 3.05) is 19.0 Å². The van der Waals surface area contributed by atoms with Gasteiger partial charge in [0.25, 0.3) is 16.8 Å². The fourth-order valence-corrected chi connectivity index (χ4v) is 5.68. The zero-order valence-corrected chi connectivity index (χ0v) is 24.5. The summed E-state index contributed by atoms with van der Waals surface area (Å²) in [6, 6.07) is 14.3. The van der Waals surface area contributed by atoms with E-state index in [1.807, 2.05) is 0 Å². The predicted octanol–water partition coefficient (Wildman–Crippen LogP) is 5.12. The van der Waals surface area contributed by atoms with Gasteiger partial charge in [-0.3, -0.25) is 29.4 Å². The lowest BCUT2D eigenvalue weighted by Gasteiger charge is -2.13. The van der Waals surface area contributed by atoms with E-state index < -0.39 is 43.5 Å². The van der Waals surface area contributed by atoms with Gasteiger partial charge in [-0.1, -0.05) is 28.1 Å². The molecule has 4 rings (SSSR count). The lowest BCUT2D eigenvalue weighted by atomic mass is 10.2. The number of aryl methyl sites for hydroxylation is 1. The number of ether oxygens (including phenoxy) is 1. The number of hydrogen-bond donors (Lipinski definition) is 1. The minimum absolute atomic E-state index is 0.0166. The number of hydrogen-bond acceptors (Lipinski definition) is 10. The number of thioether (sulfide) groups is 1. The molecule has 0 unspecified atom stereocenters. The molecule has 1 heterocycles. The average molecular weight is 662 g/mol. The van der Waals surface area contributed by atoms with Crippen LogP contribution in [0, 0.1) is 17.0 Å². The summed E-state index contributed by atoms with van der Waals surface area (Å²) in [6.07, 6.45) is 1.39. The van der Waals surface area contributed by atoms with Crippen LogP contribution in [-0.2, 0) is 19.7 Å². The number of benzene rings is 3. The lowest BCUT2D eigenvalue weighted by molar-refractivity contribution is -0.385. The van der Waals surface area contributed by atoms with Crippen molar-refractivity contribution < 1.29 is 36.6 Å². The van der Waals surface area contributed by atoms with Gasteiger partial charge in [-0.2, -0.15) is 8.42 Å². The third-order valence-corrected chi connectivity index (χ3v) is 8.32. The summed E-state index contributed by atoms with van der Waals surface area (Å²) in [7, 11) is -3.19. The first kappa shape index (κ1) is 29.8. The van der Waals surface area contributed by atoms with Crippen LogP contribution in [0.2, 0.25) is 0 Å². The first-order valence-corrected chi connectivity index (χ1v) is 14.6. The minimum atomic E-state index is -4.46. The van der Waals surface area contributed by atoms with Crippen molar-refractivity contribution in [1.82, 2.24) is 4.90 Å². The largest absolute Gasteiger partial charge is 0.493 e. The standard InChI is InChI=1S/C26H20BrN3O9S2/c1-15-3-9-19(13-20(15)30(34)35)41(36,37)39-21-10-4-16(11-22(21)38-2)12-23-25(32)29(26(33)40-23)14-24(31)28-18-7-5-17(27)6-8-18/h3-13H,14H2,1-2H3,(H,28,31)/b23-12-. The molecule has 0 aromatic heterocycles. The number of nitro groups is 1. The number of imide groups is 1. The second-order valence-electron chi connectivity index (χ2n) is 8.48. The van der Waals surface area contributed by atoms with Crippen LogP contribution in [0.5, 0.6) is 11.5 Å². The predicted molar refractivity (Wildman–Crippen MR) is 154 cm³/mol. The van der Waals surface area contributed by atoms with E-state index in [-0.39, 0.29) is 27.7 Å². The normalized spacial score (nSPS) is 14.3. The summed E-state index contributed by atoms with van der Waals surface area (Å²) in [5.74, 6) is -1.45. The Labute approximate surface area is 246 Å². The van der Waals surface area contributed by atoms with Gasteiger partial charge in [0.15, 0.2) is 11.5 Å². The Kier molecular flexibility index (Phi) is 8.80. The Balaban J connectivity index is 1.50. The Hall–Kier alpha value is -4.21. The highest BCUT2D eigenvalue weighted by Crippen LogP contribution is 2.36. The molecular formula is C26H20BrN3O9S2. The number of halogens is 1. The van der Waals surface area contributed by atoms with Gasteiger partial charge in [0.1, 0.15) is 11.4 Å². The Morgan fingerprint density at radius 3 is 2.46 bits per heavy atom. The van der Waals surface area contributed by atoms with Gasteiger partial charge in [0, 0.05) is 21.8 Å². The monoisotopic (exact) mass is 661 g/mol. The van der Waals surface area contributed by atoms with Crippen LogP contribution in [0.3, 0.4) is 0 Å². The van der Waals surface area contributed by atoms with Crippen molar-refractivity contribution in [3.63, 3.8) is 0 Å². The first-order chi connectivity index (χ1) is 19.4. The van der Waals surface area contributed by atoms with Crippen molar-refractivity contribution in [3.8, 4) is 11.5 Å². The van der Waals surface area contributed by atoms with Crippen molar-refractivity contribution in [2.45, 2.75) is 11.8 Å². The molecule has 1 aliphatic heterocycles. The number of amides is 3. The maximum Gasteiger partial charge on any atom is 0.339 e. The van der Waals surface area contributed by atoms with Gasteiger partial charge >= 0.3 is 10.1 Å². The third-order valence-electron chi connectivity index (χ3n) is 5.65. The highest BCUT2D eigenvalue weighted by molar-refractivity contribution is 9.10. The number of carbonyl (C=O) groups excluding carboxylic acids is 3. The van der Waals surface area contributed by atoms with Gasteiger partial charge in [-0.05, 0) is 72.8 Å². The number of methoxy groups -OCH3 is 1. The summed E-state index contributed by atoms with van der Waals surface area (Å²) in [6.45, 7) is 0.994. The van der Waals surface area contributed by atoms with Crippen LogP contribution in [0.4, 0.5) is 16.2 Å². The summed E-state index contributed by atoms with van der Waals surface area (Å²) >= 11 is 3.94. The molecule has 1 fully saturated rings. The van der Waals surface area contributed by atoms with Gasteiger partial charge in [0.05, 0.1) is 16.9 Å². The summed E-state index contributed by atoms with van der Waals surface area (Å²) < 4.78 is 36.9. The molecule has 0 saturated carbocycles. The minimum Gasteiger partial charge on any atom is -0.493 e. The SMILES string of the molecule is COc1cc(/C=C2\SC(=O)N(CC(=O)Nc3ccc(Br)cc3)C2=O)ccc1OS(=O)(=O)c1ccc(C)c([N+](=O)[O-])c1. The summed E-state index contributed by atoms with van der Waals surface area (Å²) in [5.41, 5.74) is 0.780. The molecule has 3 aromatic rings. The van der Waals surface area contributed by atoms with Crippen LogP contribution >= 0.6 is 27.7 Å². The van der Waals surface area contributed by atoms with Gasteiger partial charge < -0.3 is 14.2 Å². The number of nitrogens with zero attached hydrogens (tertiary/aromatic N) is 2. The molecule has 1 aliphatic rings. The van der Waals surface area contributed by atoms with Gasteiger partial charge in [-0.25, -0.2) is 0 Å². The molecule has 15 heteroatoms. The zero-order chi connectivity index (χ0) is 29.9. The molecule has 41 heavy (non-hydrogen) atoms. The van der Waals surface area contributed by atoms with E-state index in [9.17, 15) is 32.9 Å². The van der Waals surface area contributed by atoms with Crippen LogP contribution in [0.1, 0.15) is 11.1 Å². The molecule has 212 valence electrons. The van der Waals surface area contributed by atoms with Crippen molar-refractivity contribution in [2.24, 2.45) is 0 Å².